The normalized spacial score (nSPS) is 14.5. The third kappa shape index (κ3) is 8.09. The molecule has 43 heavy (non-hydrogen) atoms. The van der Waals surface area contributed by atoms with Crippen molar-refractivity contribution in [3.8, 4) is 5.75 Å². The Bertz CT molecular complexity index is 1540. The van der Waals surface area contributed by atoms with E-state index in [1.54, 1.807) is 63.4 Å². The maximum atomic E-state index is 14.2. The van der Waals surface area contributed by atoms with E-state index in [0.717, 1.165) is 47.5 Å². The summed E-state index contributed by atoms with van der Waals surface area (Å²) >= 11 is 6.32. The Morgan fingerprint density at radius 2 is 1.70 bits per heavy atom. The number of amides is 2. The molecule has 0 radical (unpaired) electrons. The summed E-state index contributed by atoms with van der Waals surface area (Å²) in [6.45, 7) is 4.88. The predicted octanol–water partition coefficient (Wildman–Crippen LogP) is 6.03. The van der Waals surface area contributed by atoms with E-state index in [-0.39, 0.29) is 23.4 Å². The Hall–Kier alpha value is -3.56. The van der Waals surface area contributed by atoms with Crippen LogP contribution >= 0.6 is 11.6 Å². The Kier molecular flexibility index (Phi) is 10.7. The lowest BCUT2D eigenvalue weighted by Crippen LogP contribution is -2.53. The predicted molar refractivity (Wildman–Crippen MR) is 170 cm³/mol. The molecule has 8 nitrogen and oxygen atoms in total. The standard InChI is InChI=1S/C33H40ClN3O5S/c1-23-13-17-30(18-14-23)43(40,41)37(31-20-27(34)16-15-24(31)2)22-32(38)36(21-26-9-8-12-29(19-26)42-4)25(3)33(39)35-28-10-6-5-7-11-28/h8-9,12-20,25,28H,5-7,10-11,21-22H2,1-4H3,(H,35,39). The van der Waals surface area contributed by atoms with Gasteiger partial charge in [0.25, 0.3) is 10.0 Å². The maximum absolute atomic E-state index is 14.2. The van der Waals surface area contributed by atoms with Gasteiger partial charge in [-0.15, -0.1) is 0 Å². The zero-order chi connectivity index (χ0) is 31.1. The molecule has 0 saturated heterocycles. The highest BCUT2D eigenvalue weighted by Gasteiger charge is 2.34. The average molecular weight is 626 g/mol. The van der Waals surface area contributed by atoms with E-state index in [9.17, 15) is 18.0 Å². The number of hydrogen-bond acceptors (Lipinski definition) is 5. The molecule has 10 heteroatoms. The zero-order valence-electron chi connectivity index (χ0n) is 25.2. The summed E-state index contributed by atoms with van der Waals surface area (Å²) in [6, 6.07) is 17.9. The molecule has 3 aromatic carbocycles. The van der Waals surface area contributed by atoms with Crippen LogP contribution < -0.4 is 14.4 Å². The number of nitrogens with one attached hydrogen (secondary N) is 1. The number of hydrogen-bond donors (Lipinski definition) is 1. The molecule has 0 spiro atoms. The van der Waals surface area contributed by atoms with Crippen LogP contribution in [-0.2, 0) is 26.2 Å². The molecule has 230 valence electrons. The van der Waals surface area contributed by atoms with Gasteiger partial charge in [-0.3, -0.25) is 13.9 Å². The van der Waals surface area contributed by atoms with Gasteiger partial charge in [0.15, 0.2) is 0 Å². The second-order valence-electron chi connectivity index (χ2n) is 11.1. The van der Waals surface area contributed by atoms with Crippen molar-refractivity contribution in [2.75, 3.05) is 18.0 Å². The number of ether oxygens (including phenoxy) is 1. The summed E-state index contributed by atoms with van der Waals surface area (Å²) in [7, 11) is -2.63. The number of methoxy groups -OCH3 is 1. The molecule has 2 amide bonds. The highest BCUT2D eigenvalue weighted by Crippen LogP contribution is 2.30. The van der Waals surface area contributed by atoms with E-state index < -0.39 is 28.5 Å². The topological polar surface area (TPSA) is 96.0 Å². The first-order chi connectivity index (χ1) is 20.5. The molecule has 0 aliphatic heterocycles. The molecule has 0 heterocycles. The van der Waals surface area contributed by atoms with Crippen LogP contribution in [0.25, 0.3) is 0 Å². The maximum Gasteiger partial charge on any atom is 0.264 e. The minimum absolute atomic E-state index is 0.0488. The van der Waals surface area contributed by atoms with Crippen molar-refractivity contribution in [1.29, 1.82) is 0 Å². The molecule has 1 saturated carbocycles. The largest absolute Gasteiger partial charge is 0.497 e. The van der Waals surface area contributed by atoms with Gasteiger partial charge in [-0.2, -0.15) is 0 Å². The molecule has 0 aromatic heterocycles. The molecule has 1 N–H and O–H groups in total. The van der Waals surface area contributed by atoms with Crippen LogP contribution in [0.15, 0.2) is 71.6 Å². The van der Waals surface area contributed by atoms with Crippen molar-refractivity contribution in [2.45, 2.75) is 76.4 Å². The van der Waals surface area contributed by atoms with Gasteiger partial charge in [0, 0.05) is 17.6 Å². The van der Waals surface area contributed by atoms with E-state index in [4.69, 9.17) is 16.3 Å². The Morgan fingerprint density at radius 1 is 1.00 bits per heavy atom. The van der Waals surface area contributed by atoms with E-state index in [1.807, 2.05) is 19.1 Å². The molecule has 4 rings (SSSR count). The third-order valence-corrected chi connectivity index (χ3v) is 9.94. The second kappa shape index (κ2) is 14.3. The fourth-order valence-corrected chi connectivity index (χ4v) is 6.96. The van der Waals surface area contributed by atoms with E-state index in [0.29, 0.717) is 22.0 Å². The SMILES string of the molecule is COc1cccc(CN(C(=O)CN(c2cc(Cl)ccc2C)S(=O)(=O)c2ccc(C)cc2)C(C)C(=O)NC2CCCCC2)c1. The third-order valence-electron chi connectivity index (χ3n) is 7.93. The van der Waals surface area contributed by atoms with Gasteiger partial charge < -0.3 is 15.0 Å². The van der Waals surface area contributed by atoms with Gasteiger partial charge in [-0.05, 0) is 81.1 Å². The number of carbonyl (C=O) groups is 2. The number of rotatable bonds is 11. The molecule has 1 aliphatic rings. The summed E-state index contributed by atoms with van der Waals surface area (Å²) in [4.78, 5) is 29.2. The van der Waals surface area contributed by atoms with Gasteiger partial charge in [0.1, 0.15) is 18.3 Å². The van der Waals surface area contributed by atoms with Gasteiger partial charge in [-0.1, -0.05) is 66.8 Å². The monoisotopic (exact) mass is 625 g/mol. The summed E-state index contributed by atoms with van der Waals surface area (Å²) in [5.74, 6) is -0.179. The summed E-state index contributed by atoms with van der Waals surface area (Å²) in [6.07, 6.45) is 5.06. The van der Waals surface area contributed by atoms with E-state index in [1.165, 1.54) is 17.0 Å². The van der Waals surface area contributed by atoms with Crippen LogP contribution in [0.5, 0.6) is 5.75 Å². The van der Waals surface area contributed by atoms with Crippen molar-refractivity contribution >= 4 is 39.1 Å². The van der Waals surface area contributed by atoms with Crippen LogP contribution in [0.2, 0.25) is 5.02 Å². The molecule has 1 atom stereocenters. The van der Waals surface area contributed by atoms with Gasteiger partial charge in [0.05, 0.1) is 17.7 Å². The molecule has 3 aromatic rings. The van der Waals surface area contributed by atoms with Crippen LogP contribution in [-0.4, -0.2) is 50.9 Å². The molecule has 1 unspecified atom stereocenters. The van der Waals surface area contributed by atoms with Gasteiger partial charge in [0.2, 0.25) is 11.8 Å². The Labute approximate surface area is 260 Å². The van der Waals surface area contributed by atoms with Crippen LogP contribution in [0, 0.1) is 13.8 Å². The fraction of sp³-hybridized carbons (Fsp3) is 0.394. The first kappa shape index (κ1) is 32.4. The first-order valence-electron chi connectivity index (χ1n) is 14.6. The number of nitrogens with zero attached hydrogens (tertiary/aromatic N) is 2. The van der Waals surface area contributed by atoms with Gasteiger partial charge >= 0.3 is 0 Å². The first-order valence-corrected chi connectivity index (χ1v) is 16.4. The molecular weight excluding hydrogens is 586 g/mol. The summed E-state index contributed by atoms with van der Waals surface area (Å²) in [5.41, 5.74) is 2.58. The van der Waals surface area contributed by atoms with Gasteiger partial charge in [-0.25, -0.2) is 8.42 Å². The molecule has 0 bridgehead atoms. The fourth-order valence-electron chi connectivity index (χ4n) is 5.32. The van der Waals surface area contributed by atoms with Crippen LogP contribution in [0.1, 0.15) is 55.7 Å². The Balaban J connectivity index is 1.71. The van der Waals surface area contributed by atoms with E-state index >= 15 is 0 Å². The minimum atomic E-state index is -4.18. The number of carbonyl (C=O) groups excluding carboxylic acids is 2. The zero-order valence-corrected chi connectivity index (χ0v) is 26.7. The lowest BCUT2D eigenvalue weighted by Gasteiger charge is -2.33. The Morgan fingerprint density at radius 3 is 2.37 bits per heavy atom. The van der Waals surface area contributed by atoms with Crippen molar-refractivity contribution in [3.05, 3.63) is 88.4 Å². The average Bonchev–Trinajstić information content (AvgIpc) is 3.00. The van der Waals surface area contributed by atoms with E-state index in [2.05, 4.69) is 5.32 Å². The second-order valence-corrected chi connectivity index (χ2v) is 13.4. The lowest BCUT2D eigenvalue weighted by molar-refractivity contribution is -0.139. The number of sulfonamides is 1. The molecular formula is C33H40ClN3O5S. The van der Waals surface area contributed by atoms with Crippen LogP contribution in [0.4, 0.5) is 5.69 Å². The number of anilines is 1. The number of halogens is 1. The smallest absolute Gasteiger partial charge is 0.264 e. The highest BCUT2D eigenvalue weighted by molar-refractivity contribution is 7.92. The number of benzene rings is 3. The van der Waals surface area contributed by atoms with Crippen molar-refractivity contribution in [2.24, 2.45) is 0 Å². The van der Waals surface area contributed by atoms with Crippen molar-refractivity contribution in [3.63, 3.8) is 0 Å². The van der Waals surface area contributed by atoms with Crippen molar-refractivity contribution in [1.82, 2.24) is 10.2 Å². The molecule has 1 fully saturated rings. The lowest BCUT2D eigenvalue weighted by atomic mass is 9.95. The molecule has 1 aliphatic carbocycles. The highest BCUT2D eigenvalue weighted by atomic mass is 35.5. The quantitative estimate of drug-likeness (QED) is 0.281. The summed E-state index contributed by atoms with van der Waals surface area (Å²) in [5, 5.41) is 3.46. The van der Waals surface area contributed by atoms with Crippen LogP contribution in [0.3, 0.4) is 0 Å². The summed E-state index contributed by atoms with van der Waals surface area (Å²) < 4.78 is 34.6. The minimum Gasteiger partial charge on any atom is -0.497 e. The number of aryl methyl sites for hydroxylation is 2. The van der Waals surface area contributed by atoms with Crippen molar-refractivity contribution < 1.29 is 22.7 Å².